The molecular formula is C14H17ClN4S. The summed E-state index contributed by atoms with van der Waals surface area (Å²) in [5.41, 5.74) is 2.28. The second kappa shape index (κ2) is 5.97. The van der Waals surface area contributed by atoms with Gasteiger partial charge in [-0.05, 0) is 24.1 Å². The standard InChI is InChI=1S/C14H17ClN4S/c1-11-8-12(9-15)10-17-13(11)18-3-5-19(6-4-18)14-16-2-7-20-14/h2,7-8,10H,3-6,9H2,1H3. The number of alkyl halides is 1. The Morgan fingerprint density at radius 1 is 1.20 bits per heavy atom. The molecule has 1 aliphatic rings. The summed E-state index contributed by atoms with van der Waals surface area (Å²) in [5, 5.41) is 3.14. The predicted molar refractivity (Wildman–Crippen MR) is 85.1 cm³/mol. The highest BCUT2D eigenvalue weighted by atomic mass is 35.5. The Labute approximate surface area is 128 Å². The minimum atomic E-state index is 0.520. The SMILES string of the molecule is Cc1cc(CCl)cnc1N1CCN(c2nccs2)CC1. The van der Waals surface area contributed by atoms with Crippen LogP contribution in [0.1, 0.15) is 11.1 Å². The summed E-state index contributed by atoms with van der Waals surface area (Å²) < 4.78 is 0. The lowest BCUT2D eigenvalue weighted by Gasteiger charge is -2.35. The van der Waals surface area contributed by atoms with Gasteiger partial charge in [-0.1, -0.05) is 0 Å². The third kappa shape index (κ3) is 2.74. The van der Waals surface area contributed by atoms with Crippen LogP contribution in [0, 0.1) is 6.92 Å². The molecule has 0 aliphatic carbocycles. The normalized spacial score (nSPS) is 15.7. The van der Waals surface area contributed by atoms with Crippen molar-refractivity contribution in [1.29, 1.82) is 0 Å². The van der Waals surface area contributed by atoms with E-state index in [2.05, 4.69) is 32.8 Å². The van der Waals surface area contributed by atoms with Crippen molar-refractivity contribution in [3.05, 3.63) is 35.0 Å². The predicted octanol–water partition coefficient (Wildman–Crippen LogP) is 2.91. The van der Waals surface area contributed by atoms with Crippen LogP contribution in [0.15, 0.2) is 23.8 Å². The first-order chi connectivity index (χ1) is 9.78. The van der Waals surface area contributed by atoms with Gasteiger partial charge in [-0.15, -0.1) is 22.9 Å². The topological polar surface area (TPSA) is 32.3 Å². The fourth-order valence-electron chi connectivity index (χ4n) is 2.51. The highest BCUT2D eigenvalue weighted by molar-refractivity contribution is 7.13. The Morgan fingerprint density at radius 3 is 2.55 bits per heavy atom. The first-order valence-corrected chi connectivity index (χ1v) is 8.10. The molecule has 0 unspecified atom stereocenters. The van der Waals surface area contributed by atoms with Crippen molar-refractivity contribution in [2.24, 2.45) is 0 Å². The molecule has 1 fully saturated rings. The van der Waals surface area contributed by atoms with Crippen LogP contribution < -0.4 is 9.80 Å². The summed E-state index contributed by atoms with van der Waals surface area (Å²) >= 11 is 7.55. The van der Waals surface area contributed by atoms with E-state index in [9.17, 15) is 0 Å². The minimum Gasteiger partial charge on any atom is -0.353 e. The van der Waals surface area contributed by atoms with Gasteiger partial charge >= 0.3 is 0 Å². The van der Waals surface area contributed by atoms with E-state index in [4.69, 9.17) is 11.6 Å². The maximum Gasteiger partial charge on any atom is 0.185 e. The summed E-state index contributed by atoms with van der Waals surface area (Å²) in [5.74, 6) is 1.60. The zero-order valence-electron chi connectivity index (χ0n) is 11.4. The number of anilines is 2. The van der Waals surface area contributed by atoms with Crippen LogP contribution in [-0.4, -0.2) is 36.1 Å². The second-order valence-corrected chi connectivity index (χ2v) is 6.05. The van der Waals surface area contributed by atoms with Gasteiger partial charge in [-0.2, -0.15) is 0 Å². The monoisotopic (exact) mass is 308 g/mol. The number of piperazine rings is 1. The van der Waals surface area contributed by atoms with Crippen LogP contribution in [-0.2, 0) is 5.88 Å². The van der Waals surface area contributed by atoms with E-state index < -0.39 is 0 Å². The molecule has 20 heavy (non-hydrogen) atoms. The van der Waals surface area contributed by atoms with Crippen molar-refractivity contribution in [3.63, 3.8) is 0 Å². The van der Waals surface area contributed by atoms with Crippen LogP contribution in [0.5, 0.6) is 0 Å². The quantitative estimate of drug-likeness (QED) is 0.816. The summed E-state index contributed by atoms with van der Waals surface area (Å²) in [4.78, 5) is 13.6. The number of pyridine rings is 1. The summed E-state index contributed by atoms with van der Waals surface area (Å²) in [6.45, 7) is 6.05. The van der Waals surface area contributed by atoms with Crippen molar-refractivity contribution in [2.75, 3.05) is 36.0 Å². The van der Waals surface area contributed by atoms with E-state index in [0.717, 1.165) is 42.7 Å². The number of aromatic nitrogens is 2. The van der Waals surface area contributed by atoms with Gasteiger partial charge in [0.15, 0.2) is 5.13 Å². The van der Waals surface area contributed by atoms with Gasteiger partial charge in [0.05, 0.1) is 0 Å². The van der Waals surface area contributed by atoms with Crippen molar-refractivity contribution < 1.29 is 0 Å². The third-order valence-corrected chi connectivity index (χ3v) is 4.67. The first-order valence-electron chi connectivity index (χ1n) is 6.69. The average molecular weight is 309 g/mol. The Kier molecular flexibility index (Phi) is 4.08. The molecule has 3 heterocycles. The third-order valence-electron chi connectivity index (χ3n) is 3.53. The molecule has 0 aromatic carbocycles. The molecule has 0 N–H and O–H groups in total. The molecule has 6 heteroatoms. The Hall–Kier alpha value is -1.33. The number of halogens is 1. The van der Waals surface area contributed by atoms with Gasteiger partial charge in [-0.25, -0.2) is 9.97 Å². The smallest absolute Gasteiger partial charge is 0.185 e. The molecule has 4 nitrogen and oxygen atoms in total. The van der Waals surface area contributed by atoms with Crippen LogP contribution >= 0.6 is 22.9 Å². The molecule has 0 radical (unpaired) electrons. The molecule has 2 aromatic heterocycles. The lowest BCUT2D eigenvalue weighted by atomic mass is 10.2. The Balaban J connectivity index is 1.69. The highest BCUT2D eigenvalue weighted by Crippen LogP contribution is 2.23. The fourth-order valence-corrected chi connectivity index (χ4v) is 3.35. The number of hydrogen-bond acceptors (Lipinski definition) is 5. The van der Waals surface area contributed by atoms with E-state index in [-0.39, 0.29) is 0 Å². The van der Waals surface area contributed by atoms with Crippen LogP contribution in [0.3, 0.4) is 0 Å². The molecule has 0 amide bonds. The number of hydrogen-bond donors (Lipinski definition) is 0. The molecule has 106 valence electrons. The van der Waals surface area contributed by atoms with Crippen LogP contribution in [0.25, 0.3) is 0 Å². The maximum absolute atomic E-state index is 5.85. The van der Waals surface area contributed by atoms with Crippen LogP contribution in [0.4, 0.5) is 10.9 Å². The van der Waals surface area contributed by atoms with E-state index in [1.165, 1.54) is 5.56 Å². The van der Waals surface area contributed by atoms with Crippen LogP contribution in [0.2, 0.25) is 0 Å². The second-order valence-electron chi connectivity index (χ2n) is 4.91. The zero-order chi connectivity index (χ0) is 13.9. The van der Waals surface area contributed by atoms with E-state index >= 15 is 0 Å². The molecule has 3 rings (SSSR count). The number of aryl methyl sites for hydroxylation is 1. The first kappa shape index (κ1) is 13.6. The highest BCUT2D eigenvalue weighted by Gasteiger charge is 2.20. The molecule has 1 saturated heterocycles. The van der Waals surface area contributed by atoms with Crippen molar-refractivity contribution in [2.45, 2.75) is 12.8 Å². The van der Waals surface area contributed by atoms with Gasteiger partial charge < -0.3 is 9.80 Å². The number of nitrogens with zero attached hydrogens (tertiary/aromatic N) is 4. The Bertz CT molecular complexity index is 565. The summed E-state index contributed by atoms with van der Waals surface area (Å²) in [6, 6.07) is 2.13. The van der Waals surface area contributed by atoms with Gasteiger partial charge in [-0.3, -0.25) is 0 Å². The summed E-state index contributed by atoms with van der Waals surface area (Å²) in [7, 11) is 0. The molecule has 0 atom stereocenters. The zero-order valence-corrected chi connectivity index (χ0v) is 13.0. The van der Waals surface area contributed by atoms with Gasteiger partial charge in [0.2, 0.25) is 0 Å². The van der Waals surface area contributed by atoms with E-state index in [1.807, 2.05) is 17.8 Å². The van der Waals surface area contributed by atoms with Crippen molar-refractivity contribution in [3.8, 4) is 0 Å². The molecule has 0 saturated carbocycles. The van der Waals surface area contributed by atoms with E-state index in [1.54, 1.807) is 11.3 Å². The molecule has 0 bridgehead atoms. The van der Waals surface area contributed by atoms with Gasteiger partial charge in [0, 0.05) is 49.8 Å². The molecular weight excluding hydrogens is 292 g/mol. The lowest BCUT2D eigenvalue weighted by molar-refractivity contribution is 0.644. The molecule has 0 spiro atoms. The number of rotatable bonds is 3. The summed E-state index contributed by atoms with van der Waals surface area (Å²) in [6.07, 6.45) is 3.74. The maximum atomic E-state index is 5.85. The fraction of sp³-hybridized carbons (Fsp3) is 0.429. The largest absolute Gasteiger partial charge is 0.353 e. The molecule has 1 aliphatic heterocycles. The van der Waals surface area contributed by atoms with Gasteiger partial charge in [0.25, 0.3) is 0 Å². The lowest BCUT2D eigenvalue weighted by Crippen LogP contribution is -2.47. The van der Waals surface area contributed by atoms with Crippen molar-refractivity contribution >= 4 is 33.9 Å². The van der Waals surface area contributed by atoms with E-state index in [0.29, 0.717) is 5.88 Å². The molecule has 2 aromatic rings. The Morgan fingerprint density at radius 2 is 1.95 bits per heavy atom. The number of thiazole rings is 1. The van der Waals surface area contributed by atoms with Gasteiger partial charge in [0.1, 0.15) is 5.82 Å². The minimum absolute atomic E-state index is 0.520. The average Bonchev–Trinajstić information content (AvgIpc) is 3.01. The van der Waals surface area contributed by atoms with Crippen molar-refractivity contribution in [1.82, 2.24) is 9.97 Å².